The number of esters is 1. The van der Waals surface area contributed by atoms with E-state index in [-0.39, 0.29) is 28.8 Å². The molecule has 2 N–H and O–H groups in total. The lowest BCUT2D eigenvalue weighted by Gasteiger charge is -2.50. The minimum absolute atomic E-state index is 0.124. The molecule has 45 heavy (non-hydrogen) atoms. The number of nitro groups is 1. The first-order chi connectivity index (χ1) is 21.4. The molecule has 1 heterocycles. The number of rotatable bonds is 12. The molecule has 0 spiro atoms. The first-order valence-corrected chi connectivity index (χ1v) is 15.0. The lowest BCUT2D eigenvalue weighted by atomic mass is 9.69. The highest BCUT2D eigenvalue weighted by Gasteiger charge is 2.53. The van der Waals surface area contributed by atoms with Crippen LogP contribution < -0.4 is 5.32 Å². The second kappa shape index (κ2) is 13.5. The van der Waals surface area contributed by atoms with Gasteiger partial charge in [-0.15, -0.1) is 0 Å². The van der Waals surface area contributed by atoms with E-state index in [1.54, 1.807) is 13.0 Å². The smallest absolute Gasteiger partial charge is 0.335 e. The maximum atomic E-state index is 13.5. The average molecular weight is 612 g/mol. The van der Waals surface area contributed by atoms with Crippen LogP contribution in [0.4, 0.5) is 5.69 Å². The van der Waals surface area contributed by atoms with E-state index in [9.17, 15) is 24.8 Å². The van der Waals surface area contributed by atoms with Crippen LogP contribution in [-0.4, -0.2) is 52.1 Å². The fourth-order valence-corrected chi connectivity index (χ4v) is 6.64. The van der Waals surface area contributed by atoms with E-state index < -0.39 is 27.8 Å². The average Bonchev–Trinajstić information content (AvgIpc) is 3.02. The molecule has 0 amide bonds. The van der Waals surface area contributed by atoms with Crippen molar-refractivity contribution in [3.8, 4) is 0 Å². The summed E-state index contributed by atoms with van der Waals surface area (Å²) < 4.78 is 5.16. The van der Waals surface area contributed by atoms with Crippen LogP contribution in [-0.2, 0) is 19.7 Å². The van der Waals surface area contributed by atoms with Gasteiger partial charge in [-0.05, 0) is 70.4 Å². The van der Waals surface area contributed by atoms with Gasteiger partial charge in [0.2, 0.25) is 0 Å². The van der Waals surface area contributed by atoms with Gasteiger partial charge in [-0.1, -0.05) is 72.8 Å². The standard InChI is InChI=1S/C36H41N3O6/c1-24-23-36(34(42)45-6,29-18-13-19-30(22-29)39(43)44)32(33(40)41)25(2)38(24)35(4,5)26(3)37-21-20-31(27-14-9-7-10-15-27)28-16-11-8-12-17-28/h7-19,22-23,26,31,37H,20-21H2,1-6H3,(H,40,41). The number of benzene rings is 3. The zero-order chi connectivity index (χ0) is 32.9. The molecule has 1 aliphatic rings. The number of ether oxygens (including phenoxy) is 1. The van der Waals surface area contributed by atoms with Crippen molar-refractivity contribution in [1.82, 2.24) is 10.2 Å². The molecule has 0 aliphatic carbocycles. The summed E-state index contributed by atoms with van der Waals surface area (Å²) >= 11 is 0. The Labute approximate surface area is 264 Å². The maximum Gasteiger partial charge on any atom is 0.335 e. The maximum absolute atomic E-state index is 13.5. The highest BCUT2D eigenvalue weighted by Crippen LogP contribution is 2.46. The summed E-state index contributed by atoms with van der Waals surface area (Å²) in [5.41, 5.74) is 0.589. The molecule has 3 aromatic carbocycles. The molecule has 0 aromatic heterocycles. The minimum atomic E-state index is -1.89. The molecular weight excluding hydrogens is 570 g/mol. The number of hydrogen-bond acceptors (Lipinski definition) is 7. The molecule has 4 rings (SSSR count). The van der Waals surface area contributed by atoms with Crippen molar-refractivity contribution in [3.05, 3.63) is 135 Å². The minimum Gasteiger partial charge on any atom is -0.478 e. The van der Waals surface area contributed by atoms with Crippen LogP contribution in [0.15, 0.2) is 108 Å². The molecule has 0 saturated carbocycles. The van der Waals surface area contributed by atoms with E-state index in [2.05, 4.69) is 36.5 Å². The lowest BCUT2D eigenvalue weighted by Crippen LogP contribution is -2.58. The van der Waals surface area contributed by atoms with E-state index in [0.29, 0.717) is 17.9 Å². The van der Waals surface area contributed by atoms with E-state index >= 15 is 0 Å². The van der Waals surface area contributed by atoms with Crippen LogP contribution in [0.2, 0.25) is 0 Å². The number of nitrogens with zero attached hydrogens (tertiary/aromatic N) is 2. The van der Waals surface area contributed by atoms with Gasteiger partial charge in [-0.25, -0.2) is 4.79 Å². The Kier molecular flexibility index (Phi) is 9.93. The summed E-state index contributed by atoms with van der Waals surface area (Å²) in [5.74, 6) is -1.96. The first-order valence-electron chi connectivity index (χ1n) is 15.0. The van der Waals surface area contributed by atoms with Gasteiger partial charge >= 0.3 is 11.9 Å². The fraction of sp³-hybridized carbons (Fsp3) is 0.333. The van der Waals surface area contributed by atoms with Gasteiger partial charge in [0, 0.05) is 35.5 Å². The first kappa shape index (κ1) is 33.1. The zero-order valence-corrected chi connectivity index (χ0v) is 26.6. The van der Waals surface area contributed by atoms with Crippen molar-refractivity contribution in [3.63, 3.8) is 0 Å². The van der Waals surface area contributed by atoms with Crippen LogP contribution in [0, 0.1) is 10.1 Å². The van der Waals surface area contributed by atoms with Gasteiger partial charge in [0.05, 0.1) is 23.1 Å². The normalized spacial score (nSPS) is 17.6. The zero-order valence-electron chi connectivity index (χ0n) is 26.6. The molecule has 9 heteroatoms. The van der Waals surface area contributed by atoms with Gasteiger partial charge < -0.3 is 20.1 Å². The molecule has 1 aliphatic heterocycles. The Morgan fingerprint density at radius 3 is 2.09 bits per heavy atom. The Morgan fingerprint density at radius 1 is 1.00 bits per heavy atom. The van der Waals surface area contributed by atoms with E-state index in [1.165, 1.54) is 42.5 Å². The van der Waals surface area contributed by atoms with Crippen LogP contribution in [0.3, 0.4) is 0 Å². The predicted molar refractivity (Wildman–Crippen MR) is 174 cm³/mol. The third-order valence-corrected chi connectivity index (χ3v) is 9.03. The molecule has 3 aromatic rings. The van der Waals surface area contributed by atoms with Crippen molar-refractivity contribution in [2.24, 2.45) is 0 Å². The summed E-state index contributed by atoms with van der Waals surface area (Å²) in [5, 5.41) is 25.9. The topological polar surface area (TPSA) is 122 Å². The second-order valence-corrected chi connectivity index (χ2v) is 12.0. The SMILES string of the molecule is COC(=O)C1(c2cccc([N+](=O)[O-])c2)C=C(C)N(C(C)(C)C(C)NCCC(c2ccccc2)c2ccccc2)C(C)=C1C(=O)O. The van der Waals surface area contributed by atoms with Crippen molar-refractivity contribution < 1.29 is 24.4 Å². The van der Waals surface area contributed by atoms with Crippen LogP contribution in [0.5, 0.6) is 0 Å². The number of methoxy groups -OCH3 is 1. The molecule has 2 atom stereocenters. The highest BCUT2D eigenvalue weighted by molar-refractivity contribution is 6.04. The number of hydrogen-bond donors (Lipinski definition) is 2. The van der Waals surface area contributed by atoms with E-state index in [0.717, 1.165) is 6.42 Å². The van der Waals surface area contributed by atoms with Crippen LogP contribution in [0.1, 0.15) is 63.6 Å². The van der Waals surface area contributed by atoms with Gasteiger partial charge in [0.1, 0.15) is 5.41 Å². The number of nitrogens with one attached hydrogen (secondary N) is 1. The monoisotopic (exact) mass is 611 g/mol. The van der Waals surface area contributed by atoms with Gasteiger partial charge in [0.25, 0.3) is 5.69 Å². The molecule has 236 valence electrons. The number of carboxylic acids is 1. The third-order valence-electron chi connectivity index (χ3n) is 9.03. The van der Waals surface area contributed by atoms with Crippen molar-refractivity contribution >= 4 is 17.6 Å². The summed E-state index contributed by atoms with van der Waals surface area (Å²) in [7, 11) is 1.18. The molecular formula is C36H41N3O6. The quantitative estimate of drug-likeness (QED) is 0.134. The third kappa shape index (κ3) is 6.40. The highest BCUT2D eigenvalue weighted by atomic mass is 16.6. The Morgan fingerprint density at radius 2 is 1.58 bits per heavy atom. The van der Waals surface area contributed by atoms with Crippen LogP contribution >= 0.6 is 0 Å². The summed E-state index contributed by atoms with van der Waals surface area (Å²) in [4.78, 5) is 39.5. The van der Waals surface area contributed by atoms with Crippen molar-refractivity contribution in [2.75, 3.05) is 13.7 Å². The summed E-state index contributed by atoms with van der Waals surface area (Å²) in [6, 6.07) is 26.2. The van der Waals surface area contributed by atoms with Crippen molar-refractivity contribution in [1.29, 1.82) is 0 Å². The van der Waals surface area contributed by atoms with Crippen molar-refractivity contribution in [2.45, 2.75) is 64.0 Å². The Bertz CT molecular complexity index is 1580. The number of allylic oxidation sites excluding steroid dienone is 2. The Hall–Kier alpha value is -4.76. The van der Waals surface area contributed by atoms with E-state index in [1.807, 2.05) is 62.1 Å². The van der Waals surface area contributed by atoms with Gasteiger partial charge in [-0.3, -0.25) is 14.9 Å². The number of carbonyl (C=O) groups is 2. The molecule has 9 nitrogen and oxygen atoms in total. The molecule has 0 bridgehead atoms. The second-order valence-electron chi connectivity index (χ2n) is 12.0. The molecule has 0 saturated heterocycles. The number of carbonyl (C=O) groups excluding carboxylic acids is 1. The van der Waals surface area contributed by atoms with Gasteiger partial charge in [0.15, 0.2) is 0 Å². The molecule has 0 radical (unpaired) electrons. The summed E-state index contributed by atoms with van der Waals surface area (Å²) in [6.07, 6.45) is 2.40. The number of aliphatic carboxylic acids is 1. The molecule has 2 unspecified atom stereocenters. The fourth-order valence-electron chi connectivity index (χ4n) is 6.64. The number of non-ortho nitro benzene ring substituents is 1. The van der Waals surface area contributed by atoms with Crippen LogP contribution in [0.25, 0.3) is 0 Å². The number of carboxylic acid groups (broad SMARTS) is 1. The van der Waals surface area contributed by atoms with Gasteiger partial charge in [-0.2, -0.15) is 0 Å². The number of nitro benzene ring substituents is 1. The Balaban J connectivity index is 1.68. The lowest BCUT2D eigenvalue weighted by molar-refractivity contribution is -0.384. The van der Waals surface area contributed by atoms with E-state index in [4.69, 9.17) is 4.74 Å². The summed E-state index contributed by atoms with van der Waals surface area (Å²) in [6.45, 7) is 10.3. The molecule has 0 fully saturated rings. The predicted octanol–water partition coefficient (Wildman–Crippen LogP) is 6.56. The largest absolute Gasteiger partial charge is 0.478 e.